The average Bonchev–Trinajstić information content (AvgIpc) is 2.22. The van der Waals surface area contributed by atoms with Gasteiger partial charge in [0.1, 0.15) is 6.73 Å². The fraction of sp³-hybridized carbons (Fsp3) is 0.417. The maximum atomic E-state index is 8.92. The van der Waals surface area contributed by atoms with Crippen LogP contribution >= 0.6 is 0 Å². The maximum Gasteiger partial charge on any atom is 0.137 e. The number of aryl methyl sites for hydroxylation is 1. The van der Waals surface area contributed by atoms with Crippen molar-refractivity contribution in [1.82, 2.24) is 0 Å². The summed E-state index contributed by atoms with van der Waals surface area (Å²) in [6, 6.07) is 6.13. The minimum absolute atomic E-state index is 0.161. The highest BCUT2D eigenvalue weighted by atomic mass is 16.5. The first-order valence-electron chi connectivity index (χ1n) is 4.97. The number of methoxy groups -OCH3 is 1. The van der Waals surface area contributed by atoms with Crippen LogP contribution in [0.15, 0.2) is 23.2 Å². The molecule has 0 saturated heterocycles. The third-order valence-electron chi connectivity index (χ3n) is 2.12. The topological polar surface area (TPSA) is 41.8 Å². The molecule has 3 heteroatoms. The number of aliphatic hydroxyl groups excluding tert-OH is 1. The van der Waals surface area contributed by atoms with Gasteiger partial charge in [-0.05, 0) is 24.5 Å². The Labute approximate surface area is 90.4 Å². The Kier molecular flexibility index (Phi) is 5.01. The molecular formula is C12H17NO2. The maximum absolute atomic E-state index is 8.92. The zero-order valence-electron chi connectivity index (χ0n) is 9.23. The Morgan fingerprint density at radius 2 is 2.27 bits per heavy atom. The first-order chi connectivity index (χ1) is 7.27. The van der Waals surface area contributed by atoms with Crippen LogP contribution in [0.4, 0.5) is 0 Å². The Hall–Kier alpha value is -1.19. The summed E-state index contributed by atoms with van der Waals surface area (Å²) >= 11 is 0. The van der Waals surface area contributed by atoms with E-state index in [2.05, 4.69) is 11.1 Å². The SMILES string of the molecule is COCN=Cc1cc(C)ccc1CCO. The van der Waals surface area contributed by atoms with E-state index in [9.17, 15) is 0 Å². The summed E-state index contributed by atoms with van der Waals surface area (Å²) in [4.78, 5) is 4.12. The molecule has 0 heterocycles. The number of benzene rings is 1. The summed E-state index contributed by atoms with van der Waals surface area (Å²) in [5.41, 5.74) is 3.36. The monoisotopic (exact) mass is 207 g/mol. The van der Waals surface area contributed by atoms with Crippen LogP contribution < -0.4 is 0 Å². The molecule has 1 aromatic carbocycles. The number of rotatable bonds is 5. The van der Waals surface area contributed by atoms with E-state index in [1.807, 2.05) is 19.1 Å². The molecule has 1 rings (SSSR count). The van der Waals surface area contributed by atoms with Crippen LogP contribution in [0, 0.1) is 6.92 Å². The van der Waals surface area contributed by atoms with Crippen molar-refractivity contribution in [1.29, 1.82) is 0 Å². The molecule has 0 bridgehead atoms. The summed E-state index contributed by atoms with van der Waals surface area (Å²) in [5, 5.41) is 8.92. The highest BCUT2D eigenvalue weighted by Gasteiger charge is 1.99. The summed E-state index contributed by atoms with van der Waals surface area (Å²) < 4.78 is 4.85. The second-order valence-corrected chi connectivity index (χ2v) is 3.41. The molecule has 0 saturated carbocycles. The third-order valence-corrected chi connectivity index (χ3v) is 2.12. The standard InChI is InChI=1S/C12H17NO2/c1-10-3-4-11(5-6-14)12(7-10)8-13-9-15-2/h3-4,7-8,14H,5-6,9H2,1-2H3. The van der Waals surface area contributed by atoms with Crippen molar-refractivity contribution in [2.75, 3.05) is 20.4 Å². The Morgan fingerprint density at radius 1 is 1.47 bits per heavy atom. The summed E-state index contributed by atoms with van der Waals surface area (Å²) in [7, 11) is 1.61. The second-order valence-electron chi connectivity index (χ2n) is 3.41. The van der Waals surface area contributed by atoms with Crippen molar-refractivity contribution in [3.05, 3.63) is 34.9 Å². The first-order valence-corrected chi connectivity index (χ1v) is 4.97. The highest BCUT2D eigenvalue weighted by molar-refractivity contribution is 5.82. The zero-order valence-corrected chi connectivity index (χ0v) is 9.23. The van der Waals surface area contributed by atoms with Crippen molar-refractivity contribution >= 4 is 6.21 Å². The molecule has 0 aliphatic carbocycles. The number of hydrogen-bond donors (Lipinski definition) is 1. The van der Waals surface area contributed by atoms with Crippen LogP contribution in [0.25, 0.3) is 0 Å². The summed E-state index contributed by atoms with van der Waals surface area (Å²) in [5.74, 6) is 0. The number of nitrogens with zero attached hydrogens (tertiary/aromatic N) is 1. The molecule has 82 valence electrons. The van der Waals surface area contributed by atoms with Crippen LogP contribution in [0.3, 0.4) is 0 Å². The normalized spacial score (nSPS) is 11.1. The Morgan fingerprint density at radius 3 is 2.93 bits per heavy atom. The molecule has 1 N–H and O–H groups in total. The molecule has 0 spiro atoms. The lowest BCUT2D eigenvalue weighted by Gasteiger charge is -2.05. The third kappa shape index (κ3) is 3.81. The van der Waals surface area contributed by atoms with Gasteiger partial charge in [0.2, 0.25) is 0 Å². The van der Waals surface area contributed by atoms with Crippen LogP contribution in [0.1, 0.15) is 16.7 Å². The number of hydrogen-bond acceptors (Lipinski definition) is 3. The average molecular weight is 207 g/mol. The van der Waals surface area contributed by atoms with Crippen molar-refractivity contribution in [2.24, 2.45) is 4.99 Å². The fourth-order valence-electron chi connectivity index (χ4n) is 1.39. The van der Waals surface area contributed by atoms with Gasteiger partial charge in [-0.15, -0.1) is 0 Å². The molecule has 0 aliphatic heterocycles. The smallest absolute Gasteiger partial charge is 0.137 e. The Balaban J connectivity index is 2.86. The van der Waals surface area contributed by atoms with Gasteiger partial charge < -0.3 is 9.84 Å². The molecule has 0 unspecified atom stereocenters. The molecule has 1 aromatic rings. The minimum atomic E-state index is 0.161. The molecule has 0 aliphatic rings. The van der Waals surface area contributed by atoms with Gasteiger partial charge in [0.25, 0.3) is 0 Å². The highest BCUT2D eigenvalue weighted by Crippen LogP contribution is 2.10. The summed E-state index contributed by atoms with van der Waals surface area (Å²) in [6.45, 7) is 2.57. The van der Waals surface area contributed by atoms with E-state index >= 15 is 0 Å². The van der Waals surface area contributed by atoms with Gasteiger partial charge in [0.05, 0.1) is 0 Å². The van der Waals surface area contributed by atoms with Gasteiger partial charge in [-0.1, -0.05) is 23.8 Å². The molecule has 3 nitrogen and oxygen atoms in total. The molecule has 0 atom stereocenters. The molecule has 0 aromatic heterocycles. The van der Waals surface area contributed by atoms with E-state index in [4.69, 9.17) is 9.84 Å². The predicted octanol–water partition coefficient (Wildman–Crippen LogP) is 1.55. The van der Waals surface area contributed by atoms with E-state index in [0.29, 0.717) is 13.2 Å². The van der Waals surface area contributed by atoms with E-state index in [0.717, 1.165) is 11.1 Å². The number of ether oxygens (including phenoxy) is 1. The predicted molar refractivity (Wildman–Crippen MR) is 61.4 cm³/mol. The van der Waals surface area contributed by atoms with Crippen molar-refractivity contribution < 1.29 is 9.84 Å². The van der Waals surface area contributed by atoms with Crippen molar-refractivity contribution in [3.63, 3.8) is 0 Å². The largest absolute Gasteiger partial charge is 0.396 e. The quantitative estimate of drug-likeness (QED) is 0.744. The van der Waals surface area contributed by atoms with Gasteiger partial charge in [-0.25, -0.2) is 0 Å². The van der Waals surface area contributed by atoms with Crippen LogP contribution in [0.2, 0.25) is 0 Å². The molecule has 0 fully saturated rings. The van der Waals surface area contributed by atoms with Crippen LogP contribution in [-0.2, 0) is 11.2 Å². The van der Waals surface area contributed by atoms with Crippen LogP contribution in [-0.4, -0.2) is 31.8 Å². The number of aliphatic hydroxyl groups is 1. The summed E-state index contributed by atoms with van der Waals surface area (Å²) in [6.07, 6.45) is 2.45. The van der Waals surface area contributed by atoms with E-state index < -0.39 is 0 Å². The molecular weight excluding hydrogens is 190 g/mol. The molecule has 0 amide bonds. The second kappa shape index (κ2) is 6.32. The van der Waals surface area contributed by atoms with E-state index in [1.54, 1.807) is 13.3 Å². The van der Waals surface area contributed by atoms with E-state index in [-0.39, 0.29) is 6.61 Å². The lowest BCUT2D eigenvalue weighted by atomic mass is 10.0. The van der Waals surface area contributed by atoms with Gasteiger partial charge >= 0.3 is 0 Å². The van der Waals surface area contributed by atoms with Gasteiger partial charge in [-0.2, -0.15) is 0 Å². The lowest BCUT2D eigenvalue weighted by Crippen LogP contribution is -1.98. The number of aliphatic imine (C=N–C) groups is 1. The van der Waals surface area contributed by atoms with Crippen molar-refractivity contribution in [3.8, 4) is 0 Å². The minimum Gasteiger partial charge on any atom is -0.396 e. The van der Waals surface area contributed by atoms with E-state index in [1.165, 1.54) is 5.56 Å². The van der Waals surface area contributed by atoms with Crippen LogP contribution in [0.5, 0.6) is 0 Å². The van der Waals surface area contributed by atoms with Crippen molar-refractivity contribution in [2.45, 2.75) is 13.3 Å². The zero-order chi connectivity index (χ0) is 11.1. The first kappa shape index (κ1) is 11.9. The van der Waals surface area contributed by atoms with Gasteiger partial charge in [0, 0.05) is 19.9 Å². The molecule has 0 radical (unpaired) electrons. The van der Waals surface area contributed by atoms with Gasteiger partial charge in [0.15, 0.2) is 0 Å². The lowest BCUT2D eigenvalue weighted by molar-refractivity contribution is 0.209. The Bertz CT molecular complexity index is 334. The fourth-order valence-corrected chi connectivity index (χ4v) is 1.39. The molecule has 15 heavy (non-hydrogen) atoms. The van der Waals surface area contributed by atoms with Gasteiger partial charge in [-0.3, -0.25) is 4.99 Å².